The normalized spacial score (nSPS) is 21.4. The van der Waals surface area contributed by atoms with Crippen LogP contribution in [0.4, 0.5) is 4.39 Å². The van der Waals surface area contributed by atoms with Crippen molar-refractivity contribution in [3.05, 3.63) is 35.6 Å². The third-order valence-electron chi connectivity index (χ3n) is 4.59. The van der Waals surface area contributed by atoms with Crippen LogP contribution >= 0.6 is 0 Å². The molecule has 6 nitrogen and oxygen atoms in total. The van der Waals surface area contributed by atoms with Gasteiger partial charge in [-0.25, -0.2) is 4.39 Å². The van der Waals surface area contributed by atoms with Gasteiger partial charge in [0.05, 0.1) is 6.61 Å². The van der Waals surface area contributed by atoms with Crippen molar-refractivity contribution in [3.63, 3.8) is 0 Å². The molecule has 1 saturated heterocycles. The second kappa shape index (κ2) is 7.93. The van der Waals surface area contributed by atoms with Gasteiger partial charge in [0, 0.05) is 25.9 Å². The molecular weight excluding hydrogens is 327 g/mol. The second-order valence-electron chi connectivity index (χ2n) is 6.51. The molecule has 1 atom stereocenters. The lowest BCUT2D eigenvalue weighted by Gasteiger charge is -2.21. The van der Waals surface area contributed by atoms with E-state index < -0.39 is 17.6 Å². The second-order valence-corrected chi connectivity index (χ2v) is 6.51. The molecule has 2 fully saturated rings. The van der Waals surface area contributed by atoms with Gasteiger partial charge in [-0.1, -0.05) is 12.1 Å². The summed E-state index contributed by atoms with van der Waals surface area (Å²) in [6.07, 6.45) is 4.28. The number of carbonyl (C=O) groups is 2. The zero-order chi connectivity index (χ0) is 17.7. The van der Waals surface area contributed by atoms with E-state index in [1.807, 2.05) is 0 Å². The van der Waals surface area contributed by atoms with E-state index in [1.54, 1.807) is 12.1 Å². The molecule has 0 unspecified atom stereocenters. The van der Waals surface area contributed by atoms with Gasteiger partial charge in [-0.05, 0) is 37.0 Å². The summed E-state index contributed by atoms with van der Waals surface area (Å²) in [6.45, 7) is 1.00. The molecular formula is C18H23FN2O4. The molecule has 25 heavy (non-hydrogen) atoms. The van der Waals surface area contributed by atoms with Gasteiger partial charge in [-0.2, -0.15) is 0 Å². The first kappa shape index (κ1) is 17.8. The Kier molecular flexibility index (Phi) is 5.65. The van der Waals surface area contributed by atoms with Crippen molar-refractivity contribution >= 4 is 11.8 Å². The standard InChI is InChI=1S/C18H23FN2O4/c19-14-5-3-13(4-6-14)7-10-20-16(22)17(23)21-11-15-12-24-18(25-15)8-1-2-9-18/h3-6,15H,1-2,7-12H2,(H,20,22)(H,21,23)/t15-/m1/s1. The number of amides is 2. The van der Waals surface area contributed by atoms with Crippen LogP contribution in [0.2, 0.25) is 0 Å². The summed E-state index contributed by atoms with van der Waals surface area (Å²) in [5, 5.41) is 5.13. The van der Waals surface area contributed by atoms with E-state index in [-0.39, 0.29) is 18.5 Å². The molecule has 7 heteroatoms. The molecule has 0 aromatic heterocycles. The van der Waals surface area contributed by atoms with Crippen LogP contribution in [0.15, 0.2) is 24.3 Å². The fourth-order valence-electron chi connectivity index (χ4n) is 3.23. The van der Waals surface area contributed by atoms with E-state index in [0.29, 0.717) is 19.6 Å². The largest absolute Gasteiger partial charge is 0.348 e. The van der Waals surface area contributed by atoms with Gasteiger partial charge in [0.2, 0.25) is 0 Å². The van der Waals surface area contributed by atoms with Crippen molar-refractivity contribution in [2.24, 2.45) is 0 Å². The number of ether oxygens (including phenoxy) is 2. The molecule has 1 aliphatic carbocycles. The number of hydrogen-bond donors (Lipinski definition) is 2. The summed E-state index contributed by atoms with van der Waals surface area (Å²) in [4.78, 5) is 23.6. The van der Waals surface area contributed by atoms with E-state index >= 15 is 0 Å². The van der Waals surface area contributed by atoms with Crippen LogP contribution in [-0.2, 0) is 25.5 Å². The Labute approximate surface area is 146 Å². The SMILES string of the molecule is O=C(NCCc1ccc(F)cc1)C(=O)NC[C@@H]1COC2(CCCC2)O1. The molecule has 2 amide bonds. The van der Waals surface area contributed by atoms with Crippen molar-refractivity contribution in [1.29, 1.82) is 0 Å². The van der Waals surface area contributed by atoms with Crippen molar-refractivity contribution < 1.29 is 23.5 Å². The third-order valence-corrected chi connectivity index (χ3v) is 4.59. The van der Waals surface area contributed by atoms with Crippen LogP contribution in [0.25, 0.3) is 0 Å². The molecule has 2 aliphatic rings. The third kappa shape index (κ3) is 4.76. The van der Waals surface area contributed by atoms with Gasteiger partial charge >= 0.3 is 11.8 Å². The summed E-state index contributed by atoms with van der Waals surface area (Å²) < 4.78 is 24.4. The minimum atomic E-state index is -0.685. The first-order valence-electron chi connectivity index (χ1n) is 8.69. The van der Waals surface area contributed by atoms with Gasteiger partial charge in [0.25, 0.3) is 0 Å². The topological polar surface area (TPSA) is 76.7 Å². The molecule has 0 radical (unpaired) electrons. The van der Waals surface area contributed by atoms with E-state index in [2.05, 4.69) is 10.6 Å². The number of rotatable bonds is 5. The smallest absolute Gasteiger partial charge is 0.309 e. The maximum absolute atomic E-state index is 12.8. The maximum atomic E-state index is 12.8. The lowest BCUT2D eigenvalue weighted by atomic mass is 10.1. The van der Waals surface area contributed by atoms with Crippen LogP contribution in [0.3, 0.4) is 0 Å². The van der Waals surface area contributed by atoms with E-state index in [1.165, 1.54) is 12.1 Å². The Morgan fingerprint density at radius 3 is 2.52 bits per heavy atom. The van der Waals surface area contributed by atoms with Gasteiger partial charge in [-0.15, -0.1) is 0 Å². The monoisotopic (exact) mass is 350 g/mol. The van der Waals surface area contributed by atoms with Crippen LogP contribution in [-0.4, -0.2) is 43.4 Å². The van der Waals surface area contributed by atoms with Crippen molar-refractivity contribution in [2.45, 2.75) is 44.0 Å². The molecule has 1 spiro atoms. The highest BCUT2D eigenvalue weighted by Gasteiger charge is 2.43. The first-order valence-corrected chi connectivity index (χ1v) is 8.69. The summed E-state index contributed by atoms with van der Waals surface area (Å²) in [6, 6.07) is 6.03. The predicted molar refractivity (Wildman–Crippen MR) is 88.1 cm³/mol. The molecule has 136 valence electrons. The molecule has 3 rings (SSSR count). The number of hydrogen-bond acceptors (Lipinski definition) is 4. The molecule has 1 saturated carbocycles. The van der Waals surface area contributed by atoms with Crippen molar-refractivity contribution in [2.75, 3.05) is 19.7 Å². The minimum Gasteiger partial charge on any atom is -0.348 e. The van der Waals surface area contributed by atoms with E-state index in [9.17, 15) is 14.0 Å². The Hall–Kier alpha value is -1.99. The quantitative estimate of drug-likeness (QED) is 0.785. The van der Waals surface area contributed by atoms with Crippen LogP contribution < -0.4 is 10.6 Å². The Bertz CT molecular complexity index is 614. The number of nitrogens with one attached hydrogen (secondary N) is 2. The maximum Gasteiger partial charge on any atom is 0.309 e. The molecule has 1 aliphatic heterocycles. The summed E-state index contributed by atoms with van der Waals surface area (Å²) >= 11 is 0. The Morgan fingerprint density at radius 2 is 1.80 bits per heavy atom. The van der Waals surface area contributed by atoms with Crippen LogP contribution in [0, 0.1) is 5.82 Å². The van der Waals surface area contributed by atoms with Gasteiger partial charge in [0.15, 0.2) is 5.79 Å². The number of halogens is 1. The highest BCUT2D eigenvalue weighted by molar-refractivity contribution is 6.35. The fourth-order valence-corrected chi connectivity index (χ4v) is 3.23. The summed E-state index contributed by atoms with van der Waals surface area (Å²) in [5.41, 5.74) is 0.889. The molecule has 2 N–H and O–H groups in total. The first-order chi connectivity index (χ1) is 12.1. The minimum absolute atomic E-state index is 0.214. The average molecular weight is 350 g/mol. The summed E-state index contributed by atoms with van der Waals surface area (Å²) in [7, 11) is 0. The molecule has 0 bridgehead atoms. The van der Waals surface area contributed by atoms with E-state index in [4.69, 9.17) is 9.47 Å². The van der Waals surface area contributed by atoms with Gasteiger partial charge in [0.1, 0.15) is 11.9 Å². The molecule has 1 aromatic carbocycles. The van der Waals surface area contributed by atoms with E-state index in [0.717, 1.165) is 31.2 Å². The lowest BCUT2D eigenvalue weighted by Crippen LogP contribution is -2.44. The van der Waals surface area contributed by atoms with Crippen molar-refractivity contribution in [1.82, 2.24) is 10.6 Å². The Balaban J connectivity index is 1.34. The predicted octanol–water partition coefficient (Wildman–Crippen LogP) is 1.29. The zero-order valence-corrected chi connectivity index (χ0v) is 14.1. The lowest BCUT2D eigenvalue weighted by molar-refractivity contribution is -0.161. The van der Waals surface area contributed by atoms with Crippen LogP contribution in [0.5, 0.6) is 0 Å². The fraction of sp³-hybridized carbons (Fsp3) is 0.556. The molecule has 1 aromatic rings. The highest BCUT2D eigenvalue weighted by atomic mass is 19.1. The number of benzene rings is 1. The summed E-state index contributed by atoms with van der Waals surface area (Å²) in [5.74, 6) is -2.14. The zero-order valence-electron chi connectivity index (χ0n) is 14.1. The average Bonchev–Trinajstić information content (AvgIpc) is 3.24. The van der Waals surface area contributed by atoms with Crippen molar-refractivity contribution in [3.8, 4) is 0 Å². The number of carbonyl (C=O) groups excluding carboxylic acids is 2. The highest BCUT2D eigenvalue weighted by Crippen LogP contribution is 2.38. The van der Waals surface area contributed by atoms with Gasteiger partial charge in [-0.3, -0.25) is 9.59 Å². The van der Waals surface area contributed by atoms with Gasteiger partial charge < -0.3 is 20.1 Å². The van der Waals surface area contributed by atoms with Crippen LogP contribution in [0.1, 0.15) is 31.2 Å². The molecule has 1 heterocycles. The Morgan fingerprint density at radius 1 is 1.12 bits per heavy atom.